The fourth-order valence-corrected chi connectivity index (χ4v) is 4.79. The quantitative estimate of drug-likeness (QED) is 0.209. The molecule has 4 aromatic rings. The summed E-state index contributed by atoms with van der Waals surface area (Å²) in [6.45, 7) is 0. The normalized spacial score (nSPS) is 16.0. The Morgan fingerprint density at radius 2 is 1.60 bits per heavy atom. The number of pyridine rings is 1. The molecule has 0 unspecified atom stereocenters. The number of fused-ring (bicyclic) bond motifs is 2. The van der Waals surface area contributed by atoms with E-state index >= 15 is 0 Å². The maximum absolute atomic E-state index is 13.3. The van der Waals surface area contributed by atoms with Crippen LogP contribution < -0.4 is 5.01 Å². The molecule has 2 heterocycles. The molecule has 0 saturated carbocycles. The van der Waals surface area contributed by atoms with Gasteiger partial charge < -0.3 is 15.3 Å². The average Bonchev–Trinajstić information content (AvgIpc) is 3.45. The number of carboxylic acids is 1. The van der Waals surface area contributed by atoms with E-state index < -0.39 is 17.7 Å². The number of para-hydroxylation sites is 2. The highest BCUT2D eigenvalue weighted by Crippen LogP contribution is 2.40. The number of aromatic hydroxyl groups is 1. The monoisotopic (exact) mass is 555 g/mol. The molecule has 9 nitrogen and oxygen atoms in total. The number of aliphatic hydroxyl groups is 1. The average molecular weight is 556 g/mol. The van der Waals surface area contributed by atoms with Gasteiger partial charge in [0, 0.05) is 16.5 Å². The third kappa shape index (κ3) is 4.54. The third-order valence-corrected chi connectivity index (χ3v) is 6.80. The zero-order valence-corrected chi connectivity index (χ0v) is 21.8. The molecule has 1 aromatic heterocycles. The molecule has 6 rings (SSSR count). The molecular weight excluding hydrogens is 534 g/mol. The Morgan fingerprint density at radius 1 is 0.833 bits per heavy atom. The van der Waals surface area contributed by atoms with Crippen molar-refractivity contribution in [3.8, 4) is 5.75 Å². The van der Waals surface area contributed by atoms with E-state index in [4.69, 9.17) is 0 Å². The van der Waals surface area contributed by atoms with Crippen LogP contribution in [-0.4, -0.2) is 43.7 Å². The molecule has 0 fully saturated rings. The number of anilines is 1. The molecule has 0 radical (unpaired) electrons. The fourth-order valence-electron chi connectivity index (χ4n) is 4.79. The van der Waals surface area contributed by atoms with Gasteiger partial charge in [0.25, 0.3) is 5.91 Å². The number of carbonyl (C=O) groups is 3. The van der Waals surface area contributed by atoms with E-state index in [0.717, 1.165) is 5.01 Å². The van der Waals surface area contributed by atoms with Gasteiger partial charge in [-0.2, -0.15) is 10.1 Å². The molecule has 42 heavy (non-hydrogen) atoms. The molecule has 2 aliphatic rings. The minimum atomic E-state index is -1.32. The van der Waals surface area contributed by atoms with Crippen LogP contribution in [0.2, 0.25) is 0 Å². The number of aliphatic hydroxyl groups excluding tert-OH is 1. The second kappa shape index (κ2) is 10.5. The van der Waals surface area contributed by atoms with Crippen LogP contribution in [0.5, 0.6) is 5.75 Å². The maximum Gasteiger partial charge on any atom is 0.357 e. The van der Waals surface area contributed by atoms with Crippen LogP contribution in [0.1, 0.15) is 27.2 Å². The highest BCUT2D eigenvalue weighted by Gasteiger charge is 2.35. The predicted octanol–water partition coefficient (Wildman–Crippen LogP) is 5.55. The molecule has 0 bridgehead atoms. The van der Waals surface area contributed by atoms with Crippen molar-refractivity contribution in [3.05, 3.63) is 131 Å². The van der Waals surface area contributed by atoms with Crippen LogP contribution in [-0.2, 0) is 9.59 Å². The van der Waals surface area contributed by atoms with E-state index in [1.807, 2.05) is 6.07 Å². The van der Waals surface area contributed by atoms with Crippen molar-refractivity contribution in [1.82, 2.24) is 4.98 Å². The number of hydrogen-bond acceptors (Lipinski definition) is 7. The lowest BCUT2D eigenvalue weighted by atomic mass is 10.0. The molecule has 204 valence electrons. The van der Waals surface area contributed by atoms with Gasteiger partial charge in [0.2, 0.25) is 0 Å². The zero-order chi connectivity index (χ0) is 29.4. The summed E-state index contributed by atoms with van der Waals surface area (Å²) < 4.78 is 0. The third-order valence-electron chi connectivity index (χ3n) is 6.80. The number of carbonyl (C=O) groups excluding carboxylic acids is 2. The van der Waals surface area contributed by atoms with Crippen LogP contribution >= 0.6 is 0 Å². The Balaban J connectivity index is 1.21. The lowest BCUT2D eigenvalue weighted by Crippen LogP contribution is -2.22. The zero-order valence-electron chi connectivity index (χ0n) is 21.8. The summed E-state index contributed by atoms with van der Waals surface area (Å²) >= 11 is 0. The molecule has 0 saturated heterocycles. The number of Topliss-reactive ketones (excluding diaryl/α,β-unsaturated/α-hetero) is 1. The number of ketones is 1. The first-order valence-corrected chi connectivity index (χ1v) is 12.8. The summed E-state index contributed by atoms with van der Waals surface area (Å²) in [7, 11) is 0. The topological polar surface area (TPSA) is 140 Å². The lowest BCUT2D eigenvalue weighted by Gasteiger charge is -2.10. The fraction of sp³-hybridized carbons (Fsp3) is 0. The predicted molar refractivity (Wildman–Crippen MR) is 159 cm³/mol. The van der Waals surface area contributed by atoms with Gasteiger partial charge in [0.05, 0.1) is 22.4 Å². The summed E-state index contributed by atoms with van der Waals surface area (Å²) in [5, 5.41) is 36.7. The molecule has 0 atom stereocenters. The van der Waals surface area contributed by atoms with Gasteiger partial charge in [-0.25, -0.2) is 9.78 Å². The largest absolute Gasteiger partial charge is 0.506 e. The molecule has 9 heteroatoms. The molecule has 1 aliphatic heterocycles. The molecule has 1 aliphatic carbocycles. The Labute approximate surface area is 239 Å². The molecule has 3 N–H and O–H groups in total. The molecule has 0 spiro atoms. The van der Waals surface area contributed by atoms with Gasteiger partial charge in [-0.15, -0.1) is 0 Å². The summed E-state index contributed by atoms with van der Waals surface area (Å²) in [5.41, 5.74) is 1.82. The minimum Gasteiger partial charge on any atom is -0.506 e. The standard InChI is InChI=1S/C33H21N3O6/c37-26-18-20-10-7-8-14-25(20)34-29(26)27-30(38)22-16-15-19(17-24(22)31(27)39)9-3-1-6-13-23-28(33(41)42)35-36(32(23)40)21-11-4-2-5-12-21/h1-18,37-38H,(H,41,42)/b6-1+,9-3+,23-13-. The van der Waals surface area contributed by atoms with Crippen LogP contribution in [0.25, 0.3) is 28.3 Å². The van der Waals surface area contributed by atoms with Crippen molar-refractivity contribution in [2.75, 3.05) is 5.01 Å². The van der Waals surface area contributed by atoms with E-state index in [1.165, 1.54) is 18.2 Å². The first-order chi connectivity index (χ1) is 20.3. The Morgan fingerprint density at radius 3 is 2.38 bits per heavy atom. The summed E-state index contributed by atoms with van der Waals surface area (Å²) in [5.74, 6) is -2.79. The lowest BCUT2D eigenvalue weighted by molar-refractivity contribution is -0.129. The number of benzene rings is 3. The highest BCUT2D eigenvalue weighted by molar-refractivity contribution is 6.52. The summed E-state index contributed by atoms with van der Waals surface area (Å²) in [6, 6.07) is 22.1. The van der Waals surface area contributed by atoms with Gasteiger partial charge in [-0.05, 0) is 48.0 Å². The molecule has 1 amide bonds. The van der Waals surface area contributed by atoms with E-state index in [9.17, 15) is 29.7 Å². The minimum absolute atomic E-state index is 0.0111. The molecule has 3 aromatic carbocycles. The number of allylic oxidation sites excluding steroid dienone is 5. The van der Waals surface area contributed by atoms with Gasteiger partial charge in [-0.3, -0.25) is 9.59 Å². The van der Waals surface area contributed by atoms with E-state index in [2.05, 4.69) is 10.1 Å². The van der Waals surface area contributed by atoms with Crippen molar-refractivity contribution < 1.29 is 29.7 Å². The van der Waals surface area contributed by atoms with E-state index in [-0.39, 0.29) is 39.6 Å². The summed E-state index contributed by atoms with van der Waals surface area (Å²) in [4.78, 5) is 42.3. The molecular formula is C33H21N3O6. The second-order valence-corrected chi connectivity index (χ2v) is 9.44. The van der Waals surface area contributed by atoms with Crippen molar-refractivity contribution in [2.45, 2.75) is 0 Å². The van der Waals surface area contributed by atoms with Crippen molar-refractivity contribution >= 4 is 57.4 Å². The smallest absolute Gasteiger partial charge is 0.357 e. The Bertz CT molecular complexity index is 1970. The van der Waals surface area contributed by atoms with Gasteiger partial charge in [-0.1, -0.05) is 66.8 Å². The van der Waals surface area contributed by atoms with Crippen molar-refractivity contribution in [2.24, 2.45) is 5.10 Å². The number of amides is 1. The maximum atomic E-state index is 13.3. The number of rotatable bonds is 6. The van der Waals surface area contributed by atoms with E-state index in [1.54, 1.807) is 85.0 Å². The first kappa shape index (κ1) is 26.1. The van der Waals surface area contributed by atoms with Crippen LogP contribution in [0.4, 0.5) is 5.69 Å². The van der Waals surface area contributed by atoms with Crippen LogP contribution in [0.3, 0.4) is 0 Å². The Hall–Kier alpha value is -6.09. The van der Waals surface area contributed by atoms with Crippen LogP contribution in [0, 0.1) is 0 Å². The van der Waals surface area contributed by atoms with Gasteiger partial charge >= 0.3 is 5.97 Å². The second-order valence-electron chi connectivity index (χ2n) is 9.44. The number of hydrazone groups is 1. The van der Waals surface area contributed by atoms with Crippen molar-refractivity contribution in [3.63, 3.8) is 0 Å². The Kier molecular flexibility index (Phi) is 6.52. The number of aliphatic carboxylic acids is 1. The number of nitrogens with zero attached hydrogens (tertiary/aromatic N) is 3. The highest BCUT2D eigenvalue weighted by atomic mass is 16.4. The first-order valence-electron chi connectivity index (χ1n) is 12.8. The SMILES string of the molecule is O=C(O)C1=NN(c2ccccc2)C(=O)\C1=C/C=C/C=C/c1ccc2c(c1)C(=O)C(c1nc3ccccc3cc1O)=C2O. The number of hydrogen-bond donors (Lipinski definition) is 3. The number of carboxylic acid groups (broad SMARTS) is 1. The van der Waals surface area contributed by atoms with Gasteiger partial charge in [0.1, 0.15) is 17.2 Å². The van der Waals surface area contributed by atoms with Crippen LogP contribution in [0.15, 0.2) is 114 Å². The van der Waals surface area contributed by atoms with Crippen molar-refractivity contribution in [1.29, 1.82) is 0 Å². The summed E-state index contributed by atoms with van der Waals surface area (Å²) in [6.07, 6.45) is 7.89. The van der Waals surface area contributed by atoms with Gasteiger partial charge in [0.15, 0.2) is 11.5 Å². The number of aromatic nitrogens is 1. The van der Waals surface area contributed by atoms with E-state index in [0.29, 0.717) is 27.7 Å².